The Morgan fingerprint density at radius 3 is 2.74 bits per heavy atom. The molecule has 1 aromatic heterocycles. The molecule has 0 saturated heterocycles. The van der Waals surface area contributed by atoms with Crippen LogP contribution in [0.1, 0.15) is 12.8 Å². The molecule has 1 aliphatic carbocycles. The Hall–Kier alpha value is -1.75. The van der Waals surface area contributed by atoms with Crippen LogP contribution in [0.2, 0.25) is 0 Å². The Morgan fingerprint density at radius 2 is 2.05 bits per heavy atom. The van der Waals surface area contributed by atoms with E-state index < -0.39 is 0 Å². The van der Waals surface area contributed by atoms with Crippen LogP contribution in [-0.4, -0.2) is 37.2 Å². The number of imidazole rings is 1. The zero-order chi connectivity index (χ0) is 13.5. The molecule has 102 valence electrons. The monoisotopic (exact) mass is 260 g/mol. The van der Waals surface area contributed by atoms with Crippen molar-refractivity contribution in [1.29, 1.82) is 0 Å². The molecule has 1 aromatic carbocycles. The summed E-state index contributed by atoms with van der Waals surface area (Å²) in [4.78, 5) is 19.1. The van der Waals surface area contributed by atoms with Crippen molar-refractivity contribution < 1.29 is 0 Å². The van der Waals surface area contributed by atoms with Gasteiger partial charge < -0.3 is 20.2 Å². The first-order valence-corrected chi connectivity index (χ1v) is 6.70. The molecule has 5 heteroatoms. The summed E-state index contributed by atoms with van der Waals surface area (Å²) in [5.74, 6) is 0. The molecule has 3 rings (SSSR count). The summed E-state index contributed by atoms with van der Waals surface area (Å²) in [5, 5.41) is 3.28. The van der Waals surface area contributed by atoms with E-state index in [0.717, 1.165) is 29.8 Å². The van der Waals surface area contributed by atoms with Gasteiger partial charge in [0.05, 0.1) is 11.0 Å². The van der Waals surface area contributed by atoms with Gasteiger partial charge in [-0.2, -0.15) is 0 Å². The minimum Gasteiger partial charge on any atom is -0.374 e. The van der Waals surface area contributed by atoms with Crippen molar-refractivity contribution in [3.05, 3.63) is 28.7 Å². The normalized spacial score (nSPS) is 16.7. The maximum absolute atomic E-state index is 11.3. The minimum atomic E-state index is -0.149. The van der Waals surface area contributed by atoms with E-state index in [0.29, 0.717) is 5.41 Å². The van der Waals surface area contributed by atoms with Gasteiger partial charge in [0.15, 0.2) is 0 Å². The van der Waals surface area contributed by atoms with Crippen LogP contribution < -0.4 is 15.9 Å². The second-order valence-electron chi connectivity index (χ2n) is 5.70. The number of rotatable bonds is 5. The summed E-state index contributed by atoms with van der Waals surface area (Å²) in [7, 11) is 4.12. The van der Waals surface area contributed by atoms with Crippen molar-refractivity contribution in [1.82, 2.24) is 15.3 Å². The van der Waals surface area contributed by atoms with Gasteiger partial charge in [-0.1, -0.05) is 0 Å². The van der Waals surface area contributed by atoms with E-state index in [2.05, 4.69) is 33.3 Å². The Bertz CT molecular complexity index is 638. The Balaban J connectivity index is 1.81. The minimum absolute atomic E-state index is 0.149. The molecule has 0 aliphatic heterocycles. The molecular formula is C14H20N4O. The Labute approximate surface area is 112 Å². The summed E-state index contributed by atoms with van der Waals surface area (Å²) >= 11 is 0. The first kappa shape index (κ1) is 12.3. The quantitative estimate of drug-likeness (QED) is 0.759. The lowest BCUT2D eigenvalue weighted by atomic mass is 10.1. The number of hydrogen-bond acceptors (Lipinski definition) is 3. The molecule has 0 bridgehead atoms. The molecule has 0 atom stereocenters. The van der Waals surface area contributed by atoms with Crippen molar-refractivity contribution in [3.8, 4) is 0 Å². The predicted molar refractivity (Wildman–Crippen MR) is 77.8 cm³/mol. The number of nitrogens with one attached hydrogen (secondary N) is 3. The molecule has 1 heterocycles. The highest BCUT2D eigenvalue weighted by Crippen LogP contribution is 2.45. The van der Waals surface area contributed by atoms with Crippen molar-refractivity contribution >= 4 is 16.7 Å². The predicted octanol–water partition coefficient (Wildman–Crippen LogP) is 1.29. The third kappa shape index (κ3) is 2.38. The fraction of sp³-hybridized carbons (Fsp3) is 0.500. The van der Waals surface area contributed by atoms with Gasteiger partial charge in [0, 0.05) is 31.2 Å². The van der Waals surface area contributed by atoms with E-state index in [1.807, 2.05) is 19.2 Å². The lowest BCUT2D eigenvalue weighted by molar-refractivity contribution is 0.482. The van der Waals surface area contributed by atoms with Gasteiger partial charge in [-0.25, -0.2) is 4.79 Å². The van der Waals surface area contributed by atoms with Gasteiger partial charge in [-0.3, -0.25) is 0 Å². The first-order valence-electron chi connectivity index (χ1n) is 6.70. The zero-order valence-electron chi connectivity index (χ0n) is 11.4. The number of nitrogens with zero attached hydrogens (tertiary/aromatic N) is 1. The van der Waals surface area contributed by atoms with Gasteiger partial charge in [0.1, 0.15) is 0 Å². The average molecular weight is 260 g/mol. The van der Waals surface area contributed by atoms with Gasteiger partial charge in [-0.15, -0.1) is 0 Å². The molecule has 19 heavy (non-hydrogen) atoms. The summed E-state index contributed by atoms with van der Waals surface area (Å²) < 4.78 is 0. The Kier molecular flexibility index (Phi) is 2.86. The molecule has 0 amide bonds. The smallest absolute Gasteiger partial charge is 0.323 e. The fourth-order valence-corrected chi connectivity index (χ4v) is 2.79. The van der Waals surface area contributed by atoms with E-state index >= 15 is 0 Å². The second kappa shape index (κ2) is 4.42. The van der Waals surface area contributed by atoms with Crippen LogP contribution in [0.4, 0.5) is 5.69 Å². The lowest BCUT2D eigenvalue weighted by Crippen LogP contribution is -2.32. The summed E-state index contributed by atoms with van der Waals surface area (Å²) in [6.45, 7) is 2.12. The molecular weight excluding hydrogens is 240 g/mol. The van der Waals surface area contributed by atoms with E-state index in [9.17, 15) is 4.79 Å². The van der Waals surface area contributed by atoms with Crippen LogP contribution in [0.15, 0.2) is 23.0 Å². The van der Waals surface area contributed by atoms with Gasteiger partial charge in [0.2, 0.25) is 0 Å². The summed E-state index contributed by atoms with van der Waals surface area (Å²) in [6.07, 6.45) is 2.59. The number of H-pyrrole nitrogens is 2. The Morgan fingerprint density at radius 1 is 1.32 bits per heavy atom. The number of aromatic nitrogens is 2. The summed E-state index contributed by atoms with van der Waals surface area (Å²) in [5.41, 5.74) is 3.16. The van der Waals surface area contributed by atoms with E-state index in [1.165, 1.54) is 12.8 Å². The number of benzene rings is 1. The molecule has 5 nitrogen and oxygen atoms in total. The molecule has 1 aliphatic rings. The molecule has 2 aromatic rings. The zero-order valence-corrected chi connectivity index (χ0v) is 11.4. The highest BCUT2D eigenvalue weighted by Gasteiger charge is 2.42. The molecule has 0 spiro atoms. The van der Waals surface area contributed by atoms with Crippen LogP contribution in [0.25, 0.3) is 11.0 Å². The molecule has 1 fully saturated rings. The molecule has 0 radical (unpaired) electrons. The first-order chi connectivity index (χ1) is 9.12. The third-order valence-electron chi connectivity index (χ3n) is 4.02. The fourth-order valence-electron chi connectivity index (χ4n) is 2.79. The van der Waals surface area contributed by atoms with Gasteiger partial charge in [-0.05, 0) is 38.1 Å². The van der Waals surface area contributed by atoms with Gasteiger partial charge in [0.25, 0.3) is 0 Å². The van der Waals surface area contributed by atoms with Crippen LogP contribution >= 0.6 is 0 Å². The van der Waals surface area contributed by atoms with Crippen molar-refractivity contribution in [3.63, 3.8) is 0 Å². The molecule has 1 saturated carbocycles. The van der Waals surface area contributed by atoms with Crippen LogP contribution in [0, 0.1) is 5.41 Å². The standard InChI is InChI=1S/C14H20N4O/c1-15-8-14(5-6-14)9-18(2)10-3-4-11-12(7-10)17-13(19)16-11/h3-4,7,15H,5-6,8-9H2,1-2H3,(H2,16,17,19). The van der Waals surface area contributed by atoms with Gasteiger partial charge >= 0.3 is 5.69 Å². The van der Waals surface area contributed by atoms with Crippen LogP contribution in [0.5, 0.6) is 0 Å². The van der Waals surface area contributed by atoms with E-state index in [-0.39, 0.29) is 5.69 Å². The third-order valence-corrected chi connectivity index (χ3v) is 4.02. The maximum Gasteiger partial charge on any atom is 0.323 e. The SMILES string of the molecule is CNCC1(CN(C)c2ccc3[nH]c(=O)[nH]c3c2)CC1. The van der Waals surface area contributed by atoms with Crippen molar-refractivity contribution in [2.24, 2.45) is 5.41 Å². The number of anilines is 1. The lowest BCUT2D eigenvalue weighted by Gasteiger charge is -2.25. The van der Waals surface area contributed by atoms with Crippen LogP contribution in [0.3, 0.4) is 0 Å². The van der Waals surface area contributed by atoms with Crippen molar-refractivity contribution in [2.75, 3.05) is 32.1 Å². The summed E-state index contributed by atoms with van der Waals surface area (Å²) in [6, 6.07) is 6.04. The highest BCUT2D eigenvalue weighted by atomic mass is 16.1. The van der Waals surface area contributed by atoms with Crippen molar-refractivity contribution in [2.45, 2.75) is 12.8 Å². The highest BCUT2D eigenvalue weighted by molar-refractivity contribution is 5.78. The maximum atomic E-state index is 11.3. The topological polar surface area (TPSA) is 63.9 Å². The molecule has 3 N–H and O–H groups in total. The average Bonchev–Trinajstić information content (AvgIpc) is 3.01. The van der Waals surface area contributed by atoms with E-state index in [4.69, 9.17) is 0 Å². The van der Waals surface area contributed by atoms with E-state index in [1.54, 1.807) is 0 Å². The second-order valence-corrected chi connectivity index (χ2v) is 5.70. The molecule has 0 unspecified atom stereocenters. The number of fused-ring (bicyclic) bond motifs is 1. The largest absolute Gasteiger partial charge is 0.374 e. The van der Waals surface area contributed by atoms with Crippen LogP contribution in [-0.2, 0) is 0 Å². The number of aromatic amines is 2. The number of hydrogen-bond donors (Lipinski definition) is 3.